The first-order valence-electron chi connectivity index (χ1n) is 7.80. The Morgan fingerprint density at radius 2 is 1.63 bits per heavy atom. The van der Waals surface area contributed by atoms with Gasteiger partial charge in [0.1, 0.15) is 11.5 Å². The second-order valence-corrected chi connectivity index (χ2v) is 9.14. The van der Waals surface area contributed by atoms with Gasteiger partial charge in [0, 0.05) is 21.9 Å². The molecule has 0 aliphatic heterocycles. The minimum absolute atomic E-state index is 0.0365. The molecule has 0 saturated heterocycles. The Morgan fingerprint density at radius 3 is 2.15 bits per heavy atom. The van der Waals surface area contributed by atoms with E-state index in [0.717, 1.165) is 29.0 Å². The molecule has 0 unspecified atom stereocenters. The maximum Gasteiger partial charge on any atom is 0.269 e. The Balaban J connectivity index is 1.98. The molecule has 0 aliphatic rings. The zero-order chi connectivity index (χ0) is 20.0. The Kier molecular flexibility index (Phi) is 8.78. The molecule has 0 radical (unpaired) electrons. The van der Waals surface area contributed by atoms with Gasteiger partial charge < -0.3 is 15.3 Å². The fraction of sp³-hybridized carbons (Fsp3) is 0.222. The normalized spacial score (nSPS) is 11.4. The molecular formula is C18H16Br4N2O3. The molecule has 0 aliphatic carbocycles. The van der Waals surface area contributed by atoms with Crippen LogP contribution in [0, 0.1) is 0 Å². The Morgan fingerprint density at radius 1 is 1.04 bits per heavy atom. The van der Waals surface area contributed by atoms with Crippen molar-refractivity contribution >= 4 is 75.3 Å². The summed E-state index contributed by atoms with van der Waals surface area (Å²) in [7, 11) is 1.57. The fourth-order valence-corrected chi connectivity index (χ4v) is 5.44. The molecular weight excluding hydrogens is 612 g/mol. The lowest BCUT2D eigenvalue weighted by Gasteiger charge is -2.11. The van der Waals surface area contributed by atoms with Crippen LogP contribution >= 0.6 is 63.7 Å². The van der Waals surface area contributed by atoms with Crippen LogP contribution in [0.15, 0.2) is 53.4 Å². The summed E-state index contributed by atoms with van der Waals surface area (Å²) in [4.78, 5) is 12.3. The number of oxime groups is 1. The molecule has 2 N–H and O–H groups in total. The van der Waals surface area contributed by atoms with Crippen molar-refractivity contribution in [2.75, 3.05) is 13.7 Å². The number of benzene rings is 2. The van der Waals surface area contributed by atoms with E-state index in [1.54, 1.807) is 7.11 Å². The van der Waals surface area contributed by atoms with Gasteiger partial charge in [0.25, 0.3) is 5.91 Å². The van der Waals surface area contributed by atoms with Crippen LogP contribution in [0.1, 0.15) is 11.1 Å². The summed E-state index contributed by atoms with van der Waals surface area (Å²) in [6.07, 6.45) is 0.841. The highest BCUT2D eigenvalue weighted by Crippen LogP contribution is 2.34. The molecule has 144 valence electrons. The van der Waals surface area contributed by atoms with Gasteiger partial charge in [0.15, 0.2) is 0 Å². The van der Waals surface area contributed by atoms with Crippen LogP contribution in [0.3, 0.4) is 0 Å². The van der Waals surface area contributed by atoms with Crippen LogP contribution in [0.25, 0.3) is 0 Å². The van der Waals surface area contributed by atoms with Crippen LogP contribution in [-0.4, -0.2) is 30.5 Å². The topological polar surface area (TPSA) is 70.9 Å². The Hall–Kier alpha value is -0.900. The summed E-state index contributed by atoms with van der Waals surface area (Å²) in [6.45, 7) is 0.427. The average molecular weight is 628 g/mol. The summed E-state index contributed by atoms with van der Waals surface area (Å²) >= 11 is 13.7. The van der Waals surface area contributed by atoms with E-state index < -0.39 is 5.91 Å². The first-order chi connectivity index (χ1) is 12.8. The minimum atomic E-state index is -0.408. The van der Waals surface area contributed by atoms with E-state index in [1.807, 2.05) is 30.3 Å². The smallest absolute Gasteiger partial charge is 0.269 e. The number of halogens is 4. The molecule has 0 saturated carbocycles. The summed E-state index contributed by atoms with van der Waals surface area (Å²) in [5.74, 6) is 0.250. The zero-order valence-corrected chi connectivity index (χ0v) is 20.6. The molecule has 5 nitrogen and oxygen atoms in total. The number of ether oxygens (including phenoxy) is 1. The number of methoxy groups -OCH3 is 1. The molecule has 2 aromatic rings. The molecule has 0 aromatic heterocycles. The third-order valence-corrected chi connectivity index (χ3v) is 5.73. The van der Waals surface area contributed by atoms with Crippen molar-refractivity contribution < 1.29 is 14.7 Å². The van der Waals surface area contributed by atoms with E-state index in [0.29, 0.717) is 18.7 Å². The van der Waals surface area contributed by atoms with Crippen LogP contribution in [0.4, 0.5) is 0 Å². The predicted molar refractivity (Wildman–Crippen MR) is 120 cm³/mol. The van der Waals surface area contributed by atoms with E-state index in [9.17, 15) is 10.0 Å². The number of hydrogen-bond donors (Lipinski definition) is 2. The van der Waals surface area contributed by atoms with Crippen LogP contribution < -0.4 is 10.1 Å². The summed E-state index contributed by atoms with van der Waals surface area (Å²) in [5.41, 5.74) is 1.91. The average Bonchev–Trinajstić information content (AvgIpc) is 2.58. The van der Waals surface area contributed by atoms with Crippen LogP contribution in [0.2, 0.25) is 0 Å². The van der Waals surface area contributed by atoms with Gasteiger partial charge >= 0.3 is 0 Å². The lowest BCUT2D eigenvalue weighted by atomic mass is 10.1. The van der Waals surface area contributed by atoms with Crippen molar-refractivity contribution in [2.45, 2.75) is 12.8 Å². The number of hydrogen-bond acceptors (Lipinski definition) is 4. The summed E-state index contributed by atoms with van der Waals surface area (Å²) in [6, 6.07) is 9.57. The van der Waals surface area contributed by atoms with Gasteiger partial charge in [-0.3, -0.25) is 4.79 Å². The third-order valence-electron chi connectivity index (χ3n) is 3.64. The monoisotopic (exact) mass is 624 g/mol. The maximum absolute atomic E-state index is 12.3. The second kappa shape index (κ2) is 10.6. The van der Waals surface area contributed by atoms with Gasteiger partial charge in [0.2, 0.25) is 0 Å². The molecule has 0 fully saturated rings. The number of carbonyl (C=O) groups is 1. The van der Waals surface area contributed by atoms with Gasteiger partial charge in [-0.15, -0.1) is 0 Å². The van der Waals surface area contributed by atoms with Crippen molar-refractivity contribution in [1.29, 1.82) is 0 Å². The van der Waals surface area contributed by atoms with E-state index in [-0.39, 0.29) is 12.1 Å². The SMILES string of the molecule is COc1c(Br)cc(C/C(=N\O)C(=O)NCCc2cc(Br)cc(Br)c2)cc1Br. The second-order valence-electron chi connectivity index (χ2n) is 5.60. The number of rotatable bonds is 7. The van der Waals surface area contributed by atoms with E-state index in [1.165, 1.54) is 0 Å². The Labute approximate surface area is 191 Å². The number of carbonyl (C=O) groups excluding carboxylic acids is 1. The quantitative estimate of drug-likeness (QED) is 0.243. The number of amides is 1. The lowest BCUT2D eigenvalue weighted by Crippen LogP contribution is -2.33. The third kappa shape index (κ3) is 6.58. The molecule has 9 heteroatoms. The first-order valence-corrected chi connectivity index (χ1v) is 11.0. The van der Waals surface area contributed by atoms with Crippen molar-refractivity contribution in [3.63, 3.8) is 0 Å². The highest BCUT2D eigenvalue weighted by Gasteiger charge is 2.15. The zero-order valence-electron chi connectivity index (χ0n) is 14.2. The van der Waals surface area contributed by atoms with Gasteiger partial charge in [-0.1, -0.05) is 37.0 Å². The largest absolute Gasteiger partial charge is 0.494 e. The summed E-state index contributed by atoms with van der Waals surface area (Å²) in [5, 5.41) is 15.2. The van der Waals surface area contributed by atoms with Gasteiger partial charge in [-0.2, -0.15) is 0 Å². The van der Waals surface area contributed by atoms with Gasteiger partial charge in [0.05, 0.1) is 16.1 Å². The number of nitrogens with zero attached hydrogens (tertiary/aromatic N) is 1. The molecule has 2 aromatic carbocycles. The van der Waals surface area contributed by atoms with E-state index in [4.69, 9.17) is 4.74 Å². The molecule has 0 bridgehead atoms. The van der Waals surface area contributed by atoms with Crippen molar-refractivity contribution in [1.82, 2.24) is 5.32 Å². The highest BCUT2D eigenvalue weighted by molar-refractivity contribution is 9.11. The first kappa shape index (κ1) is 22.4. The fourth-order valence-electron chi connectivity index (χ4n) is 2.44. The van der Waals surface area contributed by atoms with Crippen LogP contribution in [-0.2, 0) is 17.6 Å². The molecule has 2 rings (SSSR count). The molecule has 27 heavy (non-hydrogen) atoms. The maximum atomic E-state index is 12.3. The van der Waals surface area contributed by atoms with Crippen molar-refractivity contribution in [3.8, 4) is 5.75 Å². The van der Waals surface area contributed by atoms with E-state index in [2.05, 4.69) is 74.2 Å². The summed E-state index contributed by atoms with van der Waals surface area (Å²) < 4.78 is 8.68. The van der Waals surface area contributed by atoms with Crippen LogP contribution in [0.5, 0.6) is 5.75 Å². The van der Waals surface area contributed by atoms with Gasteiger partial charge in [-0.25, -0.2) is 0 Å². The molecule has 1 amide bonds. The minimum Gasteiger partial charge on any atom is -0.494 e. The van der Waals surface area contributed by atoms with E-state index >= 15 is 0 Å². The number of nitrogens with one attached hydrogen (secondary N) is 1. The highest BCUT2D eigenvalue weighted by atomic mass is 79.9. The molecule has 0 atom stereocenters. The predicted octanol–water partition coefficient (Wildman–Crippen LogP) is 5.48. The van der Waals surface area contributed by atoms with Gasteiger partial charge in [-0.05, 0) is 79.7 Å². The Bertz CT molecular complexity index is 828. The van der Waals surface area contributed by atoms with Crippen molar-refractivity contribution in [3.05, 3.63) is 59.3 Å². The lowest BCUT2D eigenvalue weighted by molar-refractivity contribution is -0.115. The molecule has 0 heterocycles. The molecule has 0 spiro atoms. The van der Waals surface area contributed by atoms with Crippen molar-refractivity contribution in [2.24, 2.45) is 5.16 Å². The standard InChI is InChI=1S/C18H16Br4N2O3/c1-27-17-14(21)6-11(7-15(17)22)8-16(24-26)18(25)23-3-2-10-4-12(19)9-13(20)5-10/h4-7,9,26H,2-3,8H2,1H3,(H,23,25)/b24-16+.